The fourth-order valence-corrected chi connectivity index (χ4v) is 11.7. The van der Waals surface area contributed by atoms with Crippen LogP contribution in [0.4, 0.5) is 0 Å². The molecule has 0 heterocycles. The largest absolute Gasteiger partial charge is 0.545 e. The molecule has 0 aliphatic carbocycles. The van der Waals surface area contributed by atoms with Crippen molar-refractivity contribution in [2.24, 2.45) is 0 Å². The molecule has 0 aliphatic rings. The van der Waals surface area contributed by atoms with Crippen LogP contribution in [-0.2, 0) is 0 Å². The summed E-state index contributed by atoms with van der Waals surface area (Å²) in [6.45, 7) is 7.00. The summed E-state index contributed by atoms with van der Waals surface area (Å²) in [5, 5.41) is 10.1. The van der Waals surface area contributed by atoms with Crippen LogP contribution in [0.2, 0.25) is 13.3 Å². The van der Waals surface area contributed by atoms with Crippen LogP contribution >= 0.6 is 0 Å². The molecule has 0 aliphatic heterocycles. The summed E-state index contributed by atoms with van der Waals surface area (Å²) in [7, 11) is 0. The number of benzene rings is 1. The number of hydrogen-bond donors (Lipinski definition) is 0. The third-order valence-electron chi connectivity index (χ3n) is 3.66. The van der Waals surface area contributed by atoms with E-state index in [0.717, 1.165) is 0 Å². The van der Waals surface area contributed by atoms with Crippen LogP contribution < -0.4 is 5.11 Å². The summed E-state index contributed by atoms with van der Waals surface area (Å²) < 4.78 is 5.04. The summed E-state index contributed by atoms with van der Waals surface area (Å²) in [4.78, 5) is 10.1. The van der Waals surface area contributed by atoms with E-state index in [1.54, 1.807) is 31.5 Å². The van der Waals surface area contributed by atoms with E-state index in [1.165, 1.54) is 50.7 Å². The number of rotatable bonds is 10. The van der Waals surface area contributed by atoms with E-state index in [9.17, 15) is 9.90 Å². The number of carbonyl (C=O) groups excluding carboxylic acids is 1. The van der Waals surface area contributed by atoms with Crippen LogP contribution in [0.1, 0.15) is 69.7 Å². The molecule has 0 atom stereocenters. The van der Waals surface area contributed by atoms with Crippen LogP contribution in [0, 0.1) is 0 Å². The summed E-state index contributed by atoms with van der Waals surface area (Å²) in [6, 6.07) is 8.06. The van der Waals surface area contributed by atoms with Crippen molar-refractivity contribution in [1.82, 2.24) is 0 Å². The Kier molecular flexibility index (Phi) is 15.0. The molecule has 22 heavy (non-hydrogen) atoms. The van der Waals surface area contributed by atoms with E-state index in [2.05, 4.69) is 20.8 Å². The number of hydrogen-bond acceptors (Lipinski definition) is 2. The van der Waals surface area contributed by atoms with Gasteiger partial charge in [-0.25, -0.2) is 0 Å². The van der Waals surface area contributed by atoms with Gasteiger partial charge in [-0.15, -0.1) is 0 Å². The minimum atomic E-state index is -1.13. The quantitative estimate of drug-likeness (QED) is 0.513. The molecule has 0 aromatic heterocycles. The Balaban J connectivity index is 0.000000425. The maximum Gasteiger partial charge on any atom is 0.0715 e. The van der Waals surface area contributed by atoms with Gasteiger partial charge in [0.05, 0.1) is 5.97 Å². The molecular formula is C19H32O2Sn. The van der Waals surface area contributed by atoms with Gasteiger partial charge in [-0.05, 0) is 5.56 Å². The molecule has 2 nitrogen and oxygen atoms in total. The first-order valence-electron chi connectivity index (χ1n) is 8.75. The minimum absolute atomic E-state index is 0.220. The van der Waals surface area contributed by atoms with Gasteiger partial charge in [0.15, 0.2) is 0 Å². The Morgan fingerprint density at radius 1 is 0.864 bits per heavy atom. The van der Waals surface area contributed by atoms with Gasteiger partial charge < -0.3 is 9.90 Å². The third-order valence-corrected chi connectivity index (χ3v) is 12.7. The Labute approximate surface area is 144 Å². The molecule has 0 saturated heterocycles. The van der Waals surface area contributed by atoms with Gasteiger partial charge in [-0.3, -0.25) is 0 Å². The molecule has 3 heteroatoms. The molecule has 1 aromatic rings. The van der Waals surface area contributed by atoms with Crippen LogP contribution in [0.15, 0.2) is 30.3 Å². The van der Waals surface area contributed by atoms with Gasteiger partial charge in [0.2, 0.25) is 0 Å². The van der Waals surface area contributed by atoms with Gasteiger partial charge in [-0.1, -0.05) is 30.3 Å². The number of carbonyl (C=O) groups is 1. The molecule has 0 saturated carbocycles. The van der Waals surface area contributed by atoms with Crippen LogP contribution in [0.25, 0.3) is 0 Å². The topological polar surface area (TPSA) is 40.1 Å². The van der Waals surface area contributed by atoms with Crippen molar-refractivity contribution in [2.75, 3.05) is 0 Å². The van der Waals surface area contributed by atoms with Gasteiger partial charge in [0.1, 0.15) is 0 Å². The standard InChI is InChI=1S/C7H6O2.3C4H9.Sn/c8-7(9)6-4-2-1-3-5-6;3*1-3-4-2;/h1-5H,(H,8,9);3*1,3-4H2,2H3;/q;;;;+1/p-1. The molecule has 124 valence electrons. The zero-order valence-corrected chi connectivity index (χ0v) is 17.4. The van der Waals surface area contributed by atoms with Crippen molar-refractivity contribution in [1.29, 1.82) is 0 Å². The zero-order chi connectivity index (χ0) is 16.6. The number of carboxylic acid groups (broad SMARTS) is 1. The van der Waals surface area contributed by atoms with Gasteiger partial charge in [0.25, 0.3) is 0 Å². The van der Waals surface area contributed by atoms with E-state index in [-0.39, 0.29) is 5.56 Å². The maximum absolute atomic E-state index is 10.1. The van der Waals surface area contributed by atoms with E-state index in [0.29, 0.717) is 0 Å². The number of carboxylic acids is 1. The molecule has 0 amide bonds. The van der Waals surface area contributed by atoms with Gasteiger partial charge >= 0.3 is 92.4 Å². The zero-order valence-electron chi connectivity index (χ0n) is 14.6. The second-order valence-electron chi connectivity index (χ2n) is 5.71. The van der Waals surface area contributed by atoms with E-state index < -0.39 is 25.7 Å². The number of aromatic carboxylic acids is 1. The van der Waals surface area contributed by atoms with Crippen molar-refractivity contribution < 1.29 is 9.90 Å². The molecule has 0 spiro atoms. The molecule has 0 unspecified atom stereocenters. The minimum Gasteiger partial charge on any atom is -0.545 e. The second kappa shape index (κ2) is 15.4. The van der Waals surface area contributed by atoms with Crippen molar-refractivity contribution >= 4 is 25.7 Å². The van der Waals surface area contributed by atoms with Gasteiger partial charge in [0, 0.05) is 0 Å². The molecule has 0 fully saturated rings. The Morgan fingerprint density at radius 3 is 1.55 bits per heavy atom. The molecule has 0 bridgehead atoms. The van der Waals surface area contributed by atoms with E-state index in [4.69, 9.17) is 0 Å². The predicted molar refractivity (Wildman–Crippen MR) is 95.7 cm³/mol. The van der Waals surface area contributed by atoms with Gasteiger partial charge in [-0.2, -0.15) is 0 Å². The smallest absolute Gasteiger partial charge is 0.0715 e. The van der Waals surface area contributed by atoms with E-state index >= 15 is 0 Å². The van der Waals surface area contributed by atoms with Crippen molar-refractivity contribution in [3.05, 3.63) is 35.9 Å². The summed E-state index contributed by atoms with van der Waals surface area (Å²) in [6.07, 6.45) is 8.85. The fourth-order valence-electron chi connectivity index (χ4n) is 2.23. The molecule has 0 N–H and O–H groups in total. The predicted octanol–water partition coefficient (Wildman–Crippen LogP) is 4.93. The molecule has 1 aromatic carbocycles. The van der Waals surface area contributed by atoms with Crippen LogP contribution in [0.3, 0.4) is 0 Å². The first-order chi connectivity index (χ1) is 10.7. The molecular weight excluding hydrogens is 379 g/mol. The average molecular weight is 411 g/mol. The fraction of sp³-hybridized carbons (Fsp3) is 0.632. The Hall–Kier alpha value is -0.511. The Bertz CT molecular complexity index is 346. The Morgan fingerprint density at radius 2 is 1.27 bits per heavy atom. The molecule has 0 radical (unpaired) electrons. The maximum atomic E-state index is 10.1. The first kappa shape index (κ1) is 21.5. The van der Waals surface area contributed by atoms with Crippen molar-refractivity contribution in [3.63, 3.8) is 0 Å². The molecule has 1 rings (SSSR count). The SMILES string of the molecule is CCC[CH2][Sn+]([CH2]CCC)[CH2]CCC.O=C([O-])c1ccccc1. The summed E-state index contributed by atoms with van der Waals surface area (Å²) in [5.41, 5.74) is 0.220. The second-order valence-corrected chi connectivity index (χ2v) is 14.3. The normalized spacial score (nSPS) is 9.77. The van der Waals surface area contributed by atoms with Crippen molar-refractivity contribution in [3.8, 4) is 0 Å². The first-order valence-corrected chi connectivity index (χ1v) is 14.8. The van der Waals surface area contributed by atoms with Crippen molar-refractivity contribution in [2.45, 2.75) is 72.6 Å². The number of unbranched alkanes of at least 4 members (excludes halogenated alkanes) is 3. The van der Waals surface area contributed by atoms with Crippen LogP contribution in [-0.4, -0.2) is 25.7 Å². The van der Waals surface area contributed by atoms with Crippen LogP contribution in [0.5, 0.6) is 0 Å². The average Bonchev–Trinajstić information content (AvgIpc) is 2.55. The van der Waals surface area contributed by atoms with E-state index in [1.807, 2.05) is 0 Å². The monoisotopic (exact) mass is 412 g/mol. The third kappa shape index (κ3) is 12.1. The summed E-state index contributed by atoms with van der Waals surface area (Å²) >= 11 is -0.839. The summed E-state index contributed by atoms with van der Waals surface area (Å²) in [5.74, 6) is -1.13.